The molecule has 0 unspecified atom stereocenters. The fourth-order valence-corrected chi connectivity index (χ4v) is 4.29. The first kappa shape index (κ1) is 24.3. The monoisotopic (exact) mass is 496 g/mol. The van der Waals surface area contributed by atoms with Gasteiger partial charge >= 0.3 is 0 Å². The molecule has 2 heterocycles. The van der Waals surface area contributed by atoms with Gasteiger partial charge in [-0.3, -0.25) is 19.7 Å². The van der Waals surface area contributed by atoms with Crippen molar-refractivity contribution in [3.8, 4) is 11.3 Å². The highest BCUT2D eigenvalue weighted by molar-refractivity contribution is 6.33. The third-order valence-electron chi connectivity index (χ3n) is 5.81. The van der Waals surface area contributed by atoms with Crippen molar-refractivity contribution in [2.45, 2.75) is 19.8 Å². The SMILES string of the molecule is CCCC(=O)N1CCN(c2ccc(NC(=O)c3ccc(-c4cccc([N+](=O)[O-])c4)o3)cc2Cl)CC1. The molecule has 0 saturated carbocycles. The van der Waals surface area contributed by atoms with Crippen LogP contribution in [-0.4, -0.2) is 47.8 Å². The molecule has 0 atom stereocenters. The number of furan rings is 1. The number of piperazine rings is 1. The Balaban J connectivity index is 1.40. The molecule has 1 aromatic heterocycles. The highest BCUT2D eigenvalue weighted by atomic mass is 35.5. The molecule has 1 aliphatic heterocycles. The van der Waals surface area contributed by atoms with Gasteiger partial charge < -0.3 is 19.5 Å². The Morgan fingerprint density at radius 2 is 1.86 bits per heavy atom. The smallest absolute Gasteiger partial charge is 0.291 e. The average Bonchev–Trinajstić information content (AvgIpc) is 3.35. The number of anilines is 2. The van der Waals surface area contributed by atoms with Crippen LogP contribution in [0.4, 0.5) is 17.1 Å². The highest BCUT2D eigenvalue weighted by Crippen LogP contribution is 2.31. The minimum Gasteiger partial charge on any atom is -0.451 e. The first-order valence-corrected chi connectivity index (χ1v) is 11.7. The fraction of sp³-hybridized carbons (Fsp3) is 0.280. The summed E-state index contributed by atoms with van der Waals surface area (Å²) >= 11 is 6.51. The number of amides is 2. The number of nitrogens with one attached hydrogen (secondary N) is 1. The van der Waals surface area contributed by atoms with Gasteiger partial charge in [-0.1, -0.05) is 30.7 Å². The lowest BCUT2D eigenvalue weighted by Gasteiger charge is -2.36. The van der Waals surface area contributed by atoms with Crippen LogP contribution < -0.4 is 10.2 Å². The summed E-state index contributed by atoms with van der Waals surface area (Å²) in [5.41, 5.74) is 1.79. The van der Waals surface area contributed by atoms with Crippen LogP contribution >= 0.6 is 11.6 Å². The topological polar surface area (TPSA) is 109 Å². The Labute approximate surface area is 207 Å². The molecule has 0 bridgehead atoms. The summed E-state index contributed by atoms with van der Waals surface area (Å²) in [7, 11) is 0. The van der Waals surface area contributed by atoms with Crippen LogP contribution in [0.15, 0.2) is 59.0 Å². The number of nitrogens with zero attached hydrogens (tertiary/aromatic N) is 3. The number of carbonyl (C=O) groups is 2. The van der Waals surface area contributed by atoms with E-state index in [1.807, 2.05) is 17.9 Å². The zero-order chi connectivity index (χ0) is 24.9. The molecule has 0 spiro atoms. The Morgan fingerprint density at radius 3 is 2.54 bits per heavy atom. The van der Waals surface area contributed by atoms with Gasteiger partial charge in [-0.15, -0.1) is 0 Å². The van der Waals surface area contributed by atoms with Gasteiger partial charge in [-0.05, 0) is 36.8 Å². The molecule has 0 radical (unpaired) electrons. The molecule has 2 amide bonds. The second-order valence-electron chi connectivity index (χ2n) is 8.21. The summed E-state index contributed by atoms with van der Waals surface area (Å²) in [6.45, 7) is 4.68. The van der Waals surface area contributed by atoms with E-state index >= 15 is 0 Å². The Kier molecular flexibility index (Phi) is 7.36. The number of benzene rings is 2. The number of hydrogen-bond donors (Lipinski definition) is 1. The summed E-state index contributed by atoms with van der Waals surface area (Å²) < 4.78 is 5.63. The van der Waals surface area contributed by atoms with Crippen molar-refractivity contribution in [1.82, 2.24) is 4.90 Å². The maximum Gasteiger partial charge on any atom is 0.291 e. The van der Waals surface area contributed by atoms with Crippen LogP contribution in [-0.2, 0) is 4.79 Å². The molecule has 4 rings (SSSR count). The van der Waals surface area contributed by atoms with E-state index in [0.717, 1.165) is 12.1 Å². The third kappa shape index (κ3) is 5.63. The summed E-state index contributed by atoms with van der Waals surface area (Å²) in [4.78, 5) is 39.3. The lowest BCUT2D eigenvalue weighted by Crippen LogP contribution is -2.48. The lowest BCUT2D eigenvalue weighted by molar-refractivity contribution is -0.384. The van der Waals surface area contributed by atoms with E-state index in [2.05, 4.69) is 10.2 Å². The Hall–Kier alpha value is -3.85. The standard InChI is InChI=1S/C25H25ClN4O5/c1-2-4-24(31)29-13-11-28(12-14-29)21-8-7-18(16-20(21)26)27-25(32)23-10-9-22(35-23)17-5-3-6-19(15-17)30(33)34/h3,5-10,15-16H,2,4,11-14H2,1H3,(H,27,32). The van der Waals surface area contributed by atoms with Crippen LogP contribution in [0.2, 0.25) is 5.02 Å². The zero-order valence-electron chi connectivity index (χ0n) is 19.2. The van der Waals surface area contributed by atoms with E-state index in [9.17, 15) is 19.7 Å². The zero-order valence-corrected chi connectivity index (χ0v) is 20.0. The number of carbonyl (C=O) groups excluding carboxylic acids is 2. The van der Waals surface area contributed by atoms with Crippen LogP contribution in [0.25, 0.3) is 11.3 Å². The molecule has 9 nitrogen and oxygen atoms in total. The number of hydrogen-bond acceptors (Lipinski definition) is 6. The quantitative estimate of drug-likeness (QED) is 0.355. The van der Waals surface area contributed by atoms with E-state index in [4.69, 9.17) is 16.0 Å². The van der Waals surface area contributed by atoms with Crippen molar-refractivity contribution < 1.29 is 18.9 Å². The van der Waals surface area contributed by atoms with Crippen LogP contribution in [0, 0.1) is 10.1 Å². The Morgan fingerprint density at radius 1 is 1.09 bits per heavy atom. The largest absolute Gasteiger partial charge is 0.451 e. The predicted molar refractivity (Wildman–Crippen MR) is 134 cm³/mol. The van der Waals surface area contributed by atoms with Crippen molar-refractivity contribution in [1.29, 1.82) is 0 Å². The van der Waals surface area contributed by atoms with Gasteiger partial charge in [0, 0.05) is 56.0 Å². The maximum absolute atomic E-state index is 12.7. The second-order valence-corrected chi connectivity index (χ2v) is 8.62. The van der Waals surface area contributed by atoms with E-state index in [1.54, 1.807) is 30.3 Å². The molecule has 3 aromatic rings. The van der Waals surface area contributed by atoms with Crippen molar-refractivity contribution in [2.24, 2.45) is 0 Å². The van der Waals surface area contributed by atoms with Crippen molar-refractivity contribution in [2.75, 3.05) is 36.4 Å². The molecule has 1 saturated heterocycles. The molecule has 1 aliphatic rings. The van der Waals surface area contributed by atoms with Gasteiger partial charge in [0.1, 0.15) is 5.76 Å². The van der Waals surface area contributed by atoms with E-state index in [0.29, 0.717) is 54.6 Å². The molecule has 0 aliphatic carbocycles. The van der Waals surface area contributed by atoms with Crippen LogP contribution in [0.5, 0.6) is 0 Å². The first-order chi connectivity index (χ1) is 16.9. The molecule has 2 aromatic carbocycles. The maximum atomic E-state index is 12.7. The van der Waals surface area contributed by atoms with Crippen molar-refractivity contribution in [3.63, 3.8) is 0 Å². The first-order valence-electron chi connectivity index (χ1n) is 11.3. The van der Waals surface area contributed by atoms with E-state index in [-0.39, 0.29) is 17.4 Å². The summed E-state index contributed by atoms with van der Waals surface area (Å²) in [5, 5.41) is 14.3. The summed E-state index contributed by atoms with van der Waals surface area (Å²) in [6.07, 6.45) is 1.41. The van der Waals surface area contributed by atoms with Gasteiger partial charge in [0.2, 0.25) is 5.91 Å². The molecule has 1 N–H and O–H groups in total. The third-order valence-corrected chi connectivity index (χ3v) is 6.12. The molecule has 1 fully saturated rings. The lowest BCUT2D eigenvalue weighted by atomic mass is 10.1. The molecule has 182 valence electrons. The number of rotatable bonds is 7. The molecular weight excluding hydrogens is 472 g/mol. The summed E-state index contributed by atoms with van der Waals surface area (Å²) in [6, 6.07) is 14.4. The van der Waals surface area contributed by atoms with Crippen molar-refractivity contribution in [3.05, 3.63) is 75.5 Å². The fourth-order valence-electron chi connectivity index (χ4n) is 3.99. The normalized spacial score (nSPS) is 13.5. The average molecular weight is 497 g/mol. The number of halogens is 1. The second kappa shape index (κ2) is 10.6. The van der Waals surface area contributed by atoms with Gasteiger partial charge in [-0.25, -0.2) is 0 Å². The molecule has 35 heavy (non-hydrogen) atoms. The van der Waals surface area contributed by atoms with E-state index in [1.165, 1.54) is 18.2 Å². The molecule has 10 heteroatoms. The number of non-ortho nitro benzene ring substituents is 1. The highest BCUT2D eigenvalue weighted by Gasteiger charge is 2.22. The van der Waals surface area contributed by atoms with E-state index < -0.39 is 10.8 Å². The van der Waals surface area contributed by atoms with Gasteiger partial charge in [0.15, 0.2) is 5.76 Å². The van der Waals surface area contributed by atoms with Crippen molar-refractivity contribution >= 4 is 40.5 Å². The number of nitro benzene ring substituents is 1. The van der Waals surface area contributed by atoms with Gasteiger partial charge in [0.25, 0.3) is 11.6 Å². The number of nitro groups is 1. The Bertz CT molecular complexity index is 1250. The summed E-state index contributed by atoms with van der Waals surface area (Å²) in [5.74, 6) is 0.139. The molecular formula is C25H25ClN4O5. The van der Waals surface area contributed by atoms with Crippen LogP contribution in [0.3, 0.4) is 0 Å². The van der Waals surface area contributed by atoms with Gasteiger partial charge in [0.05, 0.1) is 15.6 Å². The minimum absolute atomic E-state index is 0.0615. The minimum atomic E-state index is -0.487. The van der Waals surface area contributed by atoms with Gasteiger partial charge in [-0.2, -0.15) is 0 Å². The van der Waals surface area contributed by atoms with Crippen LogP contribution in [0.1, 0.15) is 30.3 Å². The predicted octanol–water partition coefficient (Wildman–Crippen LogP) is 5.21.